The number of amides is 1. The van der Waals surface area contributed by atoms with Gasteiger partial charge < -0.3 is 5.32 Å². The zero-order chi connectivity index (χ0) is 18.8. The van der Waals surface area contributed by atoms with E-state index < -0.39 is 6.04 Å². The quantitative estimate of drug-likeness (QED) is 0.736. The second-order valence-electron chi connectivity index (χ2n) is 6.85. The lowest BCUT2D eigenvalue weighted by atomic mass is 9.95. The Hall–Kier alpha value is -2.54. The van der Waals surface area contributed by atoms with Gasteiger partial charge in [-0.1, -0.05) is 13.0 Å². The molecule has 1 N–H and O–H groups in total. The fraction of sp³-hybridized carbons (Fsp3) is 0.400. The number of rotatable bonds is 5. The van der Waals surface area contributed by atoms with E-state index in [1.807, 2.05) is 30.5 Å². The van der Waals surface area contributed by atoms with E-state index in [-0.39, 0.29) is 11.5 Å². The Balaban J connectivity index is 1.65. The predicted octanol–water partition coefficient (Wildman–Crippen LogP) is 3.00. The number of nitrogens with one attached hydrogen (secondary N) is 1. The maximum Gasteiger partial charge on any atom is 0.263 e. The Morgan fingerprint density at radius 1 is 1.37 bits per heavy atom. The van der Waals surface area contributed by atoms with Crippen molar-refractivity contribution in [3.63, 3.8) is 0 Å². The molecule has 3 heterocycles. The molecule has 4 rings (SSSR count). The fourth-order valence-electron chi connectivity index (χ4n) is 3.62. The van der Waals surface area contributed by atoms with Gasteiger partial charge in [0.2, 0.25) is 5.91 Å². The average Bonchev–Trinajstić information content (AvgIpc) is 3.21. The van der Waals surface area contributed by atoms with Gasteiger partial charge in [0.25, 0.3) is 5.56 Å². The molecule has 7 heteroatoms. The van der Waals surface area contributed by atoms with E-state index in [2.05, 4.69) is 15.3 Å². The van der Waals surface area contributed by atoms with Gasteiger partial charge in [-0.15, -0.1) is 11.3 Å². The van der Waals surface area contributed by atoms with Crippen molar-refractivity contribution in [2.24, 2.45) is 0 Å². The first-order chi connectivity index (χ1) is 13.2. The first-order valence-corrected chi connectivity index (χ1v) is 10.2. The van der Waals surface area contributed by atoms with Crippen LogP contribution in [0.3, 0.4) is 0 Å². The third kappa shape index (κ3) is 3.51. The number of carbonyl (C=O) groups excluding carboxylic acids is 1. The molecule has 1 aliphatic rings. The molecule has 0 fully saturated rings. The third-order valence-corrected chi connectivity index (χ3v) is 5.97. The second-order valence-corrected chi connectivity index (χ2v) is 7.88. The van der Waals surface area contributed by atoms with E-state index in [9.17, 15) is 9.59 Å². The standard InChI is InChI=1S/C20H22N4O2S/c1-2-17(19(25)21-11-14-7-5-9-27-14)24-12-22-18-15(20(24)26)10-13-6-3-4-8-16(13)23-18/h5,7,9-10,12,17H,2-4,6,8,11H2,1H3,(H,21,25)/t17-/m0/s1. The number of aromatic nitrogens is 3. The monoisotopic (exact) mass is 382 g/mol. The van der Waals surface area contributed by atoms with Gasteiger partial charge in [0.05, 0.1) is 11.9 Å². The van der Waals surface area contributed by atoms with Crippen molar-refractivity contribution >= 4 is 28.3 Å². The maximum absolute atomic E-state index is 13.1. The summed E-state index contributed by atoms with van der Waals surface area (Å²) in [5.74, 6) is -0.167. The molecular formula is C20H22N4O2S. The van der Waals surface area contributed by atoms with Crippen LogP contribution >= 0.6 is 11.3 Å². The molecule has 0 aromatic carbocycles. The van der Waals surface area contributed by atoms with Crippen LogP contribution in [-0.2, 0) is 24.2 Å². The molecule has 1 atom stereocenters. The highest BCUT2D eigenvalue weighted by molar-refractivity contribution is 7.09. The van der Waals surface area contributed by atoms with E-state index in [0.717, 1.165) is 41.8 Å². The van der Waals surface area contributed by atoms with Gasteiger partial charge in [-0.2, -0.15) is 0 Å². The number of thiophene rings is 1. The van der Waals surface area contributed by atoms with Gasteiger partial charge in [-0.25, -0.2) is 9.97 Å². The number of fused-ring (bicyclic) bond motifs is 2. The highest BCUT2D eigenvalue weighted by atomic mass is 32.1. The lowest BCUT2D eigenvalue weighted by Gasteiger charge is -2.19. The molecule has 3 aromatic heterocycles. The van der Waals surface area contributed by atoms with Crippen molar-refractivity contribution in [2.75, 3.05) is 0 Å². The molecule has 0 spiro atoms. The van der Waals surface area contributed by atoms with Crippen LogP contribution in [0, 0.1) is 0 Å². The Morgan fingerprint density at radius 2 is 2.22 bits per heavy atom. The zero-order valence-electron chi connectivity index (χ0n) is 15.3. The minimum atomic E-state index is -0.578. The predicted molar refractivity (Wildman–Crippen MR) is 106 cm³/mol. The number of carbonyl (C=O) groups is 1. The molecule has 1 aliphatic carbocycles. The molecule has 0 bridgehead atoms. The summed E-state index contributed by atoms with van der Waals surface area (Å²) < 4.78 is 1.45. The maximum atomic E-state index is 13.1. The van der Waals surface area contributed by atoms with Crippen LogP contribution in [0.5, 0.6) is 0 Å². The largest absolute Gasteiger partial charge is 0.349 e. The molecule has 3 aromatic rings. The van der Waals surface area contributed by atoms with Gasteiger partial charge in [-0.05, 0) is 55.2 Å². The number of pyridine rings is 1. The smallest absolute Gasteiger partial charge is 0.263 e. The van der Waals surface area contributed by atoms with Gasteiger partial charge in [0, 0.05) is 10.6 Å². The number of hydrogen-bond donors (Lipinski definition) is 1. The van der Waals surface area contributed by atoms with Crippen LogP contribution in [0.2, 0.25) is 0 Å². The summed E-state index contributed by atoms with van der Waals surface area (Å²) >= 11 is 1.59. The van der Waals surface area contributed by atoms with Crippen molar-refractivity contribution < 1.29 is 4.79 Å². The fourth-order valence-corrected chi connectivity index (χ4v) is 4.27. The number of nitrogens with zero attached hydrogens (tertiary/aromatic N) is 3. The van der Waals surface area contributed by atoms with E-state index in [1.54, 1.807) is 11.3 Å². The van der Waals surface area contributed by atoms with Crippen LogP contribution in [0.25, 0.3) is 11.0 Å². The Morgan fingerprint density at radius 3 is 3.00 bits per heavy atom. The number of aryl methyl sites for hydroxylation is 2. The van der Waals surface area contributed by atoms with Gasteiger partial charge >= 0.3 is 0 Å². The molecule has 1 amide bonds. The van der Waals surface area contributed by atoms with Gasteiger partial charge in [0.15, 0.2) is 5.65 Å². The van der Waals surface area contributed by atoms with Crippen LogP contribution in [0.15, 0.2) is 34.7 Å². The van der Waals surface area contributed by atoms with Crippen molar-refractivity contribution in [3.8, 4) is 0 Å². The molecular weight excluding hydrogens is 360 g/mol. The van der Waals surface area contributed by atoms with Gasteiger partial charge in [0.1, 0.15) is 12.4 Å². The Bertz CT molecular complexity index is 1030. The lowest BCUT2D eigenvalue weighted by Crippen LogP contribution is -2.37. The minimum absolute atomic E-state index is 0.167. The first kappa shape index (κ1) is 17.9. The SMILES string of the molecule is CC[C@@H](C(=O)NCc1cccs1)n1cnc2nc3c(cc2c1=O)CCCC3. The van der Waals surface area contributed by atoms with Crippen molar-refractivity contribution in [1.29, 1.82) is 0 Å². The number of hydrogen-bond acceptors (Lipinski definition) is 5. The molecule has 0 aliphatic heterocycles. The highest BCUT2D eigenvalue weighted by Crippen LogP contribution is 2.22. The van der Waals surface area contributed by atoms with Crippen molar-refractivity contribution in [3.05, 3.63) is 56.4 Å². The molecule has 0 radical (unpaired) electrons. The minimum Gasteiger partial charge on any atom is -0.349 e. The summed E-state index contributed by atoms with van der Waals surface area (Å²) in [6.45, 7) is 2.37. The topological polar surface area (TPSA) is 76.9 Å². The Labute approximate surface area is 161 Å². The molecule has 0 saturated heterocycles. The van der Waals surface area contributed by atoms with Crippen LogP contribution in [0.1, 0.15) is 48.4 Å². The van der Waals surface area contributed by atoms with Crippen LogP contribution < -0.4 is 10.9 Å². The Kier molecular flexibility index (Phi) is 5.03. The molecule has 27 heavy (non-hydrogen) atoms. The lowest BCUT2D eigenvalue weighted by molar-refractivity contribution is -0.124. The van der Waals surface area contributed by atoms with E-state index >= 15 is 0 Å². The van der Waals surface area contributed by atoms with Crippen LogP contribution in [0.4, 0.5) is 0 Å². The van der Waals surface area contributed by atoms with Crippen molar-refractivity contribution in [2.45, 2.75) is 51.6 Å². The average molecular weight is 382 g/mol. The highest BCUT2D eigenvalue weighted by Gasteiger charge is 2.22. The summed E-state index contributed by atoms with van der Waals surface area (Å²) in [6.07, 6.45) is 6.12. The molecule has 0 unspecified atom stereocenters. The molecule has 6 nitrogen and oxygen atoms in total. The second kappa shape index (κ2) is 7.60. The van der Waals surface area contributed by atoms with Crippen LogP contribution in [-0.4, -0.2) is 20.4 Å². The third-order valence-electron chi connectivity index (χ3n) is 5.09. The first-order valence-electron chi connectivity index (χ1n) is 9.37. The summed E-state index contributed by atoms with van der Waals surface area (Å²) in [6, 6.07) is 5.28. The summed E-state index contributed by atoms with van der Waals surface area (Å²) in [5.41, 5.74) is 2.48. The molecule has 0 saturated carbocycles. The summed E-state index contributed by atoms with van der Waals surface area (Å²) in [4.78, 5) is 35.8. The zero-order valence-corrected chi connectivity index (χ0v) is 16.1. The normalized spacial score (nSPS) is 14.7. The summed E-state index contributed by atoms with van der Waals surface area (Å²) in [7, 11) is 0. The van der Waals surface area contributed by atoms with E-state index in [0.29, 0.717) is 24.0 Å². The van der Waals surface area contributed by atoms with Crippen molar-refractivity contribution in [1.82, 2.24) is 19.9 Å². The van der Waals surface area contributed by atoms with Gasteiger partial charge in [-0.3, -0.25) is 14.2 Å². The summed E-state index contributed by atoms with van der Waals surface area (Å²) in [5, 5.41) is 5.41. The van der Waals surface area contributed by atoms with E-state index in [4.69, 9.17) is 0 Å². The van der Waals surface area contributed by atoms with E-state index in [1.165, 1.54) is 10.9 Å². The molecule has 140 valence electrons.